The topological polar surface area (TPSA) is 47.9 Å². The second-order valence-electron chi connectivity index (χ2n) is 6.83. The number of carbonyl (C=O) groups is 1. The van der Waals surface area contributed by atoms with E-state index in [1.165, 1.54) is 5.56 Å². The molecule has 2 aromatic rings. The average Bonchev–Trinajstić information content (AvgIpc) is 2.66. The fourth-order valence-electron chi connectivity index (χ4n) is 3.20. The molecule has 1 heterocycles. The summed E-state index contributed by atoms with van der Waals surface area (Å²) in [5.41, 5.74) is 8.09. The van der Waals surface area contributed by atoms with E-state index in [0.29, 0.717) is 6.54 Å². The standard InChI is InChI=1S/C21H26N4O/c1-16(17-10-12-19(13-11-17)24(2)3)22-23-21(26)15-25-14-6-8-18-7-4-5-9-20(18)25/h4-5,7,9-13H,6,8,14-15H2,1-3H3,(H,23,26). The molecular formula is C21H26N4O. The average molecular weight is 350 g/mol. The lowest BCUT2D eigenvalue weighted by Crippen LogP contribution is -2.38. The lowest BCUT2D eigenvalue weighted by molar-refractivity contribution is -0.119. The molecule has 136 valence electrons. The second-order valence-corrected chi connectivity index (χ2v) is 6.83. The molecule has 0 fully saturated rings. The molecule has 1 amide bonds. The van der Waals surface area contributed by atoms with E-state index in [-0.39, 0.29) is 5.91 Å². The van der Waals surface area contributed by atoms with E-state index in [1.54, 1.807) is 0 Å². The Bertz CT molecular complexity index is 796. The third-order valence-corrected chi connectivity index (χ3v) is 4.69. The van der Waals surface area contributed by atoms with Gasteiger partial charge < -0.3 is 9.80 Å². The Balaban J connectivity index is 1.61. The van der Waals surface area contributed by atoms with E-state index in [4.69, 9.17) is 0 Å². The number of carbonyl (C=O) groups excluding carboxylic acids is 1. The molecule has 2 aromatic carbocycles. The minimum atomic E-state index is -0.0917. The molecule has 5 nitrogen and oxygen atoms in total. The van der Waals surface area contributed by atoms with Gasteiger partial charge in [0.05, 0.1) is 12.3 Å². The zero-order valence-corrected chi connectivity index (χ0v) is 15.7. The van der Waals surface area contributed by atoms with Gasteiger partial charge in [0.25, 0.3) is 5.91 Å². The molecule has 0 aliphatic carbocycles. The van der Waals surface area contributed by atoms with Crippen LogP contribution in [0.5, 0.6) is 0 Å². The van der Waals surface area contributed by atoms with Crippen molar-refractivity contribution >= 4 is 23.0 Å². The Morgan fingerprint density at radius 2 is 1.88 bits per heavy atom. The third-order valence-electron chi connectivity index (χ3n) is 4.69. The summed E-state index contributed by atoms with van der Waals surface area (Å²) in [6.07, 6.45) is 2.15. The van der Waals surface area contributed by atoms with E-state index in [0.717, 1.165) is 42.0 Å². The van der Waals surface area contributed by atoms with Crippen LogP contribution in [-0.2, 0) is 11.2 Å². The molecule has 5 heteroatoms. The number of benzene rings is 2. The monoisotopic (exact) mass is 350 g/mol. The van der Waals surface area contributed by atoms with Crippen LogP contribution in [0.2, 0.25) is 0 Å². The Morgan fingerprint density at radius 1 is 1.15 bits per heavy atom. The molecular weight excluding hydrogens is 324 g/mol. The van der Waals surface area contributed by atoms with Gasteiger partial charge in [-0.05, 0) is 49.1 Å². The van der Waals surface area contributed by atoms with Crippen LogP contribution in [0, 0.1) is 0 Å². The number of rotatable bonds is 5. The van der Waals surface area contributed by atoms with Crippen LogP contribution < -0.4 is 15.2 Å². The van der Waals surface area contributed by atoms with Crippen molar-refractivity contribution in [2.75, 3.05) is 37.0 Å². The first kappa shape index (κ1) is 18.0. The molecule has 0 spiro atoms. The van der Waals surface area contributed by atoms with Crippen molar-refractivity contribution in [3.8, 4) is 0 Å². The van der Waals surface area contributed by atoms with Crippen molar-refractivity contribution in [1.82, 2.24) is 5.43 Å². The first-order valence-electron chi connectivity index (χ1n) is 8.98. The van der Waals surface area contributed by atoms with Gasteiger partial charge in [-0.2, -0.15) is 5.10 Å². The molecule has 0 atom stereocenters. The molecule has 0 saturated heterocycles. The van der Waals surface area contributed by atoms with E-state index in [9.17, 15) is 4.79 Å². The van der Waals surface area contributed by atoms with Gasteiger partial charge in [-0.25, -0.2) is 5.43 Å². The minimum absolute atomic E-state index is 0.0917. The SMILES string of the molecule is CC(=NNC(=O)CN1CCCc2ccccc21)c1ccc(N(C)C)cc1. The maximum absolute atomic E-state index is 12.3. The number of hydrogen-bond acceptors (Lipinski definition) is 4. The first-order chi connectivity index (χ1) is 12.5. The highest BCUT2D eigenvalue weighted by Crippen LogP contribution is 2.26. The molecule has 0 radical (unpaired) electrons. The number of hydrazone groups is 1. The molecule has 0 bridgehead atoms. The summed E-state index contributed by atoms with van der Waals surface area (Å²) in [4.78, 5) is 16.5. The highest BCUT2D eigenvalue weighted by Gasteiger charge is 2.18. The van der Waals surface area contributed by atoms with Gasteiger partial charge in [-0.15, -0.1) is 0 Å². The third kappa shape index (κ3) is 4.23. The van der Waals surface area contributed by atoms with Crippen molar-refractivity contribution in [2.24, 2.45) is 5.10 Å². The molecule has 0 aromatic heterocycles. The lowest BCUT2D eigenvalue weighted by Gasteiger charge is -2.30. The highest BCUT2D eigenvalue weighted by molar-refractivity contribution is 5.99. The number of fused-ring (bicyclic) bond motifs is 1. The molecule has 0 unspecified atom stereocenters. The highest BCUT2D eigenvalue weighted by atomic mass is 16.2. The Labute approximate surface area is 155 Å². The summed E-state index contributed by atoms with van der Waals surface area (Å²) in [6, 6.07) is 16.4. The van der Waals surface area contributed by atoms with Gasteiger partial charge in [0.1, 0.15) is 0 Å². The predicted octanol–water partition coefficient (Wildman–Crippen LogP) is 3.05. The number of nitrogens with one attached hydrogen (secondary N) is 1. The maximum Gasteiger partial charge on any atom is 0.259 e. The Hall–Kier alpha value is -2.82. The first-order valence-corrected chi connectivity index (χ1v) is 8.98. The van der Waals surface area contributed by atoms with E-state index >= 15 is 0 Å². The van der Waals surface area contributed by atoms with Crippen LogP contribution in [0.25, 0.3) is 0 Å². The smallest absolute Gasteiger partial charge is 0.259 e. The molecule has 26 heavy (non-hydrogen) atoms. The summed E-state index contributed by atoms with van der Waals surface area (Å²) >= 11 is 0. The van der Waals surface area contributed by atoms with Gasteiger partial charge in [0.2, 0.25) is 0 Å². The van der Waals surface area contributed by atoms with Crippen LogP contribution in [0.4, 0.5) is 11.4 Å². The summed E-state index contributed by atoms with van der Waals surface area (Å²) in [7, 11) is 4.02. The van der Waals surface area contributed by atoms with E-state index < -0.39 is 0 Å². The van der Waals surface area contributed by atoms with Crippen LogP contribution in [-0.4, -0.2) is 38.8 Å². The Morgan fingerprint density at radius 3 is 2.62 bits per heavy atom. The number of anilines is 2. The van der Waals surface area contributed by atoms with Gasteiger partial charge in [-0.1, -0.05) is 30.3 Å². The van der Waals surface area contributed by atoms with Crippen molar-refractivity contribution in [2.45, 2.75) is 19.8 Å². The van der Waals surface area contributed by atoms with Crippen molar-refractivity contribution in [3.63, 3.8) is 0 Å². The summed E-state index contributed by atoms with van der Waals surface area (Å²) < 4.78 is 0. The number of aryl methyl sites for hydroxylation is 1. The van der Waals surface area contributed by atoms with Crippen LogP contribution in [0.3, 0.4) is 0 Å². The number of amides is 1. The number of para-hydroxylation sites is 1. The summed E-state index contributed by atoms with van der Waals surface area (Å²) in [5, 5.41) is 4.27. The quantitative estimate of drug-likeness (QED) is 0.666. The predicted molar refractivity (Wildman–Crippen MR) is 108 cm³/mol. The zero-order chi connectivity index (χ0) is 18.5. The molecule has 0 saturated carbocycles. The zero-order valence-electron chi connectivity index (χ0n) is 15.7. The van der Waals surface area contributed by atoms with Gasteiger partial charge >= 0.3 is 0 Å². The minimum Gasteiger partial charge on any atom is -0.378 e. The number of nitrogens with zero attached hydrogens (tertiary/aromatic N) is 3. The fraction of sp³-hybridized carbons (Fsp3) is 0.333. The second kappa shape index (κ2) is 8.04. The van der Waals surface area contributed by atoms with Crippen molar-refractivity contribution in [1.29, 1.82) is 0 Å². The maximum atomic E-state index is 12.3. The molecule has 1 aliphatic rings. The van der Waals surface area contributed by atoms with Gasteiger partial charge in [0, 0.05) is 32.0 Å². The molecule has 3 rings (SSSR count). The van der Waals surface area contributed by atoms with Gasteiger partial charge in [-0.3, -0.25) is 4.79 Å². The van der Waals surface area contributed by atoms with E-state index in [2.05, 4.69) is 38.5 Å². The normalized spacial score (nSPS) is 14.0. The van der Waals surface area contributed by atoms with Crippen LogP contribution in [0.1, 0.15) is 24.5 Å². The summed E-state index contributed by atoms with van der Waals surface area (Å²) in [6.45, 7) is 3.13. The van der Waals surface area contributed by atoms with E-state index in [1.807, 2.05) is 51.4 Å². The van der Waals surface area contributed by atoms with Crippen LogP contribution >= 0.6 is 0 Å². The van der Waals surface area contributed by atoms with Crippen LogP contribution in [0.15, 0.2) is 53.6 Å². The molecule has 1 N–H and O–H groups in total. The van der Waals surface area contributed by atoms with Crippen molar-refractivity contribution in [3.05, 3.63) is 59.7 Å². The molecule has 1 aliphatic heterocycles. The lowest BCUT2D eigenvalue weighted by atomic mass is 10.0. The number of hydrogen-bond donors (Lipinski definition) is 1. The Kier molecular flexibility index (Phi) is 5.56. The summed E-state index contributed by atoms with van der Waals surface area (Å²) in [5.74, 6) is -0.0917. The largest absolute Gasteiger partial charge is 0.378 e. The van der Waals surface area contributed by atoms with Gasteiger partial charge in [0.15, 0.2) is 0 Å². The van der Waals surface area contributed by atoms with Crippen molar-refractivity contribution < 1.29 is 4.79 Å². The fourth-order valence-corrected chi connectivity index (χ4v) is 3.20.